The summed E-state index contributed by atoms with van der Waals surface area (Å²) in [5.74, 6) is 2.89. The van der Waals surface area contributed by atoms with Crippen molar-refractivity contribution in [2.75, 3.05) is 0 Å². The number of unbranched alkanes of at least 4 members (excludes halogenated alkanes) is 1. The molecule has 0 saturated heterocycles. The van der Waals surface area contributed by atoms with Gasteiger partial charge in [-0.2, -0.15) is 0 Å². The number of hydrogen-bond donors (Lipinski definition) is 2. The summed E-state index contributed by atoms with van der Waals surface area (Å²) in [6, 6.07) is 0. The molecule has 0 bridgehead atoms. The lowest BCUT2D eigenvalue weighted by atomic mass is 9.67. The molecule has 0 atom stereocenters. The van der Waals surface area contributed by atoms with Gasteiger partial charge in [0.05, 0.1) is 11.4 Å². The van der Waals surface area contributed by atoms with Crippen LogP contribution in [0, 0.1) is 16.7 Å². The van der Waals surface area contributed by atoms with Crippen LogP contribution < -0.4 is 11.5 Å². The Labute approximate surface area is 239 Å². The molecule has 4 N–H and O–H groups in total. The predicted molar refractivity (Wildman–Crippen MR) is 177 cm³/mol. The SMILES string of the molecule is C=C(C)\C(N)=C(N)/C(C)=C(CCC(C)C)/C(=C(C)/C(=C(\C)CCC/C=C\BC)C(C)(C)CC)C(C)(C)CC. The molecule has 0 aromatic heterocycles. The first-order valence-corrected chi connectivity index (χ1v) is 15.2. The van der Waals surface area contributed by atoms with E-state index in [-0.39, 0.29) is 10.8 Å². The second-order valence-corrected chi connectivity index (χ2v) is 13.0. The predicted octanol–water partition coefficient (Wildman–Crippen LogP) is 10.1. The summed E-state index contributed by atoms with van der Waals surface area (Å²) in [6.45, 7) is 34.0. The van der Waals surface area contributed by atoms with Crippen LogP contribution in [-0.4, -0.2) is 7.28 Å². The Morgan fingerprint density at radius 2 is 1.37 bits per heavy atom. The van der Waals surface area contributed by atoms with Gasteiger partial charge in [0.1, 0.15) is 7.28 Å². The van der Waals surface area contributed by atoms with Crippen LogP contribution in [0.2, 0.25) is 6.82 Å². The van der Waals surface area contributed by atoms with Crippen LogP contribution >= 0.6 is 0 Å². The zero-order valence-corrected chi connectivity index (χ0v) is 27.8. The van der Waals surface area contributed by atoms with Crippen molar-refractivity contribution in [1.82, 2.24) is 0 Å². The molecule has 0 aliphatic heterocycles. The van der Waals surface area contributed by atoms with E-state index in [1.807, 2.05) is 6.92 Å². The van der Waals surface area contributed by atoms with Gasteiger partial charge in [-0.25, -0.2) is 0 Å². The lowest BCUT2D eigenvalue weighted by Crippen LogP contribution is -2.24. The highest BCUT2D eigenvalue weighted by molar-refractivity contribution is 6.40. The van der Waals surface area contributed by atoms with Gasteiger partial charge in [0.2, 0.25) is 0 Å². The number of rotatable bonds is 16. The smallest absolute Gasteiger partial charge is 0.144 e. The molecular weight excluding hydrogens is 459 g/mol. The molecule has 0 aliphatic rings. The minimum atomic E-state index is -0.00482. The van der Waals surface area contributed by atoms with Gasteiger partial charge in [0.15, 0.2) is 0 Å². The van der Waals surface area contributed by atoms with Crippen molar-refractivity contribution in [3.63, 3.8) is 0 Å². The van der Waals surface area contributed by atoms with Crippen LogP contribution in [0.5, 0.6) is 0 Å². The van der Waals surface area contributed by atoms with Gasteiger partial charge in [-0.05, 0) is 123 Å². The molecule has 0 amide bonds. The molecule has 3 heteroatoms. The van der Waals surface area contributed by atoms with E-state index >= 15 is 0 Å². The molecule has 0 heterocycles. The van der Waals surface area contributed by atoms with Crippen LogP contribution in [0.25, 0.3) is 0 Å². The van der Waals surface area contributed by atoms with E-state index in [1.54, 1.807) is 0 Å². The van der Waals surface area contributed by atoms with E-state index in [1.165, 1.54) is 34.3 Å². The summed E-state index contributed by atoms with van der Waals surface area (Å²) < 4.78 is 0. The van der Waals surface area contributed by atoms with Gasteiger partial charge in [-0.1, -0.05) is 80.4 Å². The van der Waals surface area contributed by atoms with Crippen LogP contribution in [0.1, 0.15) is 128 Å². The van der Waals surface area contributed by atoms with E-state index in [2.05, 4.69) is 102 Å². The summed E-state index contributed by atoms with van der Waals surface area (Å²) in [6.07, 6.45) is 10.0. The number of nitrogens with two attached hydrogens (primary N) is 2. The third-order valence-corrected chi connectivity index (χ3v) is 8.50. The third kappa shape index (κ3) is 10.3. The highest BCUT2D eigenvalue weighted by Crippen LogP contribution is 2.47. The van der Waals surface area contributed by atoms with Crippen molar-refractivity contribution >= 4 is 7.28 Å². The standard InChI is InChI=1S/C35H63BN2/c1-15-34(10,11)30(26(7)20-18-17-19-23-36-14)28(9)31(35(12,13)16-2)29(22-21-24(3)4)27(8)33(38)32(37)25(5)6/h19,23-24,36H,5,15-18,20-22,37-38H2,1-4,6-14H3/b23-19-,29-27+,30-26-,31-28-,33-32-. The summed E-state index contributed by atoms with van der Waals surface area (Å²) in [7, 11) is 1.11. The highest BCUT2D eigenvalue weighted by Gasteiger charge is 2.33. The fraction of sp³-hybridized carbons (Fsp3) is 0.657. The normalized spacial score (nSPS) is 15.7. The van der Waals surface area contributed by atoms with Gasteiger partial charge in [-0.3, -0.25) is 0 Å². The summed E-state index contributed by atoms with van der Waals surface area (Å²) in [4.78, 5) is 0. The minimum Gasteiger partial charge on any atom is -0.397 e. The Morgan fingerprint density at radius 1 is 0.842 bits per heavy atom. The van der Waals surface area contributed by atoms with Crippen LogP contribution in [0.4, 0.5) is 0 Å². The minimum absolute atomic E-state index is 0.00482. The Balaban J connectivity index is 7.63. The Kier molecular flexibility index (Phi) is 15.5. The first kappa shape index (κ1) is 36.1. The average Bonchev–Trinajstić information content (AvgIpc) is 2.84. The molecule has 2 nitrogen and oxygen atoms in total. The van der Waals surface area contributed by atoms with Gasteiger partial charge >= 0.3 is 0 Å². The maximum atomic E-state index is 6.74. The molecule has 0 aromatic carbocycles. The maximum absolute atomic E-state index is 6.74. The van der Waals surface area contributed by atoms with Crippen molar-refractivity contribution in [1.29, 1.82) is 0 Å². The van der Waals surface area contributed by atoms with E-state index < -0.39 is 0 Å². The molecule has 38 heavy (non-hydrogen) atoms. The van der Waals surface area contributed by atoms with E-state index in [4.69, 9.17) is 11.5 Å². The monoisotopic (exact) mass is 523 g/mol. The van der Waals surface area contributed by atoms with E-state index in [0.717, 1.165) is 57.0 Å². The lowest BCUT2D eigenvalue weighted by Gasteiger charge is -2.38. The molecule has 0 aromatic rings. The van der Waals surface area contributed by atoms with Crippen LogP contribution in [0.15, 0.2) is 69.0 Å². The highest BCUT2D eigenvalue weighted by atomic mass is 14.7. The molecule has 0 aliphatic carbocycles. The fourth-order valence-electron chi connectivity index (χ4n) is 5.45. The first-order valence-electron chi connectivity index (χ1n) is 15.2. The average molecular weight is 523 g/mol. The largest absolute Gasteiger partial charge is 0.397 e. The molecule has 0 saturated carbocycles. The second kappa shape index (κ2) is 16.3. The molecule has 0 spiro atoms. The molecule has 0 radical (unpaired) electrons. The topological polar surface area (TPSA) is 52.0 Å². The van der Waals surface area contributed by atoms with Gasteiger partial charge in [-0.15, -0.1) is 5.98 Å². The van der Waals surface area contributed by atoms with Crippen molar-refractivity contribution in [2.24, 2.45) is 28.2 Å². The zero-order chi connectivity index (χ0) is 29.8. The van der Waals surface area contributed by atoms with Gasteiger partial charge in [0, 0.05) is 0 Å². The van der Waals surface area contributed by atoms with Gasteiger partial charge < -0.3 is 11.5 Å². The molecular formula is C35H63BN2. The Hall–Kier alpha value is -1.90. The van der Waals surface area contributed by atoms with E-state index in [9.17, 15) is 0 Å². The fourth-order valence-corrected chi connectivity index (χ4v) is 5.45. The van der Waals surface area contributed by atoms with Crippen molar-refractivity contribution in [2.45, 2.75) is 135 Å². The van der Waals surface area contributed by atoms with Crippen LogP contribution in [0.3, 0.4) is 0 Å². The number of hydrogen-bond acceptors (Lipinski definition) is 2. The Morgan fingerprint density at radius 3 is 1.82 bits per heavy atom. The van der Waals surface area contributed by atoms with Crippen LogP contribution in [-0.2, 0) is 0 Å². The summed E-state index contributed by atoms with van der Waals surface area (Å²) in [5, 5.41) is 0. The lowest BCUT2D eigenvalue weighted by molar-refractivity contribution is 0.407. The van der Waals surface area contributed by atoms with Gasteiger partial charge in [0.25, 0.3) is 0 Å². The second-order valence-electron chi connectivity index (χ2n) is 13.0. The van der Waals surface area contributed by atoms with Crippen molar-refractivity contribution < 1.29 is 0 Å². The maximum Gasteiger partial charge on any atom is 0.144 e. The van der Waals surface area contributed by atoms with Crippen molar-refractivity contribution in [3.05, 3.63) is 69.0 Å². The molecule has 0 fully saturated rings. The summed E-state index contributed by atoms with van der Waals surface area (Å²) in [5.41, 5.74) is 23.8. The molecule has 216 valence electrons. The Bertz CT molecular complexity index is 948. The first-order chi connectivity index (χ1) is 17.5. The van der Waals surface area contributed by atoms with E-state index in [0.29, 0.717) is 17.3 Å². The number of allylic oxidation sites excluding steroid dienone is 8. The molecule has 0 rings (SSSR count). The summed E-state index contributed by atoms with van der Waals surface area (Å²) >= 11 is 0. The zero-order valence-electron chi connectivity index (χ0n) is 27.8. The quantitative estimate of drug-likeness (QED) is 0.120. The van der Waals surface area contributed by atoms with Crippen molar-refractivity contribution in [3.8, 4) is 0 Å². The third-order valence-electron chi connectivity index (χ3n) is 8.50. The molecule has 0 unspecified atom stereocenters.